The molecule has 0 fully saturated rings. The van der Waals surface area contributed by atoms with E-state index in [0.29, 0.717) is 5.69 Å². The Labute approximate surface area is 162 Å². The average Bonchev–Trinajstić information content (AvgIpc) is 2.63. The van der Waals surface area contributed by atoms with Crippen molar-refractivity contribution in [2.24, 2.45) is 0 Å². The van der Waals surface area contributed by atoms with Crippen molar-refractivity contribution < 1.29 is 14.5 Å². The summed E-state index contributed by atoms with van der Waals surface area (Å²) >= 11 is 7.37. The number of amides is 2. The highest BCUT2D eigenvalue weighted by atomic mass is 35.5. The van der Waals surface area contributed by atoms with Gasteiger partial charge in [0, 0.05) is 16.5 Å². The van der Waals surface area contributed by atoms with Crippen LogP contribution in [0.1, 0.15) is 22.8 Å². The molecule has 0 aromatic heterocycles. The van der Waals surface area contributed by atoms with Crippen molar-refractivity contribution in [3.63, 3.8) is 0 Å². The van der Waals surface area contributed by atoms with Crippen LogP contribution in [0.15, 0.2) is 35.2 Å². The van der Waals surface area contributed by atoms with Crippen LogP contribution in [0.25, 0.3) is 0 Å². The van der Waals surface area contributed by atoms with Gasteiger partial charge in [0.2, 0.25) is 5.91 Å². The van der Waals surface area contributed by atoms with E-state index in [9.17, 15) is 19.7 Å². The molecule has 0 saturated carbocycles. The molecule has 2 N–H and O–H groups in total. The Balaban J connectivity index is 1.92. The summed E-state index contributed by atoms with van der Waals surface area (Å²) in [4.78, 5) is 35.5. The molecule has 0 spiro atoms. The van der Waals surface area contributed by atoms with Gasteiger partial charge in [0.25, 0.3) is 11.6 Å². The number of nitro benzene ring substituents is 1. The van der Waals surface area contributed by atoms with E-state index in [1.165, 1.54) is 23.9 Å². The minimum absolute atomic E-state index is 0.00973. The van der Waals surface area contributed by atoms with Gasteiger partial charge in [-0.3, -0.25) is 19.7 Å². The Hall–Kier alpha value is -3.09. The molecule has 0 bridgehead atoms. The van der Waals surface area contributed by atoms with E-state index in [1.807, 2.05) is 0 Å². The average molecular weight is 403 g/mol. The van der Waals surface area contributed by atoms with Crippen molar-refractivity contribution in [1.82, 2.24) is 0 Å². The van der Waals surface area contributed by atoms with E-state index in [0.717, 1.165) is 11.0 Å². The number of hydrogen-bond donors (Lipinski definition) is 2. The molecule has 27 heavy (non-hydrogen) atoms. The van der Waals surface area contributed by atoms with Crippen molar-refractivity contribution in [2.75, 3.05) is 10.6 Å². The third-order valence-electron chi connectivity index (χ3n) is 3.80. The third kappa shape index (κ3) is 3.72. The van der Waals surface area contributed by atoms with E-state index < -0.39 is 16.5 Å². The summed E-state index contributed by atoms with van der Waals surface area (Å²) in [6.45, 7) is 1.78. The van der Waals surface area contributed by atoms with Gasteiger partial charge in [-0.05, 0) is 31.2 Å². The van der Waals surface area contributed by atoms with Crippen LogP contribution in [0.2, 0.25) is 5.02 Å². The molecule has 2 amide bonds. The van der Waals surface area contributed by atoms with Gasteiger partial charge in [-0.2, -0.15) is 5.26 Å². The van der Waals surface area contributed by atoms with Crippen LogP contribution < -0.4 is 10.6 Å². The number of halogens is 1. The molecule has 8 nitrogen and oxygen atoms in total. The van der Waals surface area contributed by atoms with Gasteiger partial charge >= 0.3 is 0 Å². The Kier molecular flexibility index (Phi) is 5.03. The number of nitro groups is 1. The number of hydrogen-bond acceptors (Lipinski definition) is 6. The second-order valence-electron chi connectivity index (χ2n) is 5.64. The van der Waals surface area contributed by atoms with Crippen LogP contribution in [0.4, 0.5) is 17.1 Å². The summed E-state index contributed by atoms with van der Waals surface area (Å²) in [7, 11) is 0. The second-order valence-corrected chi connectivity index (χ2v) is 7.40. The molecule has 3 rings (SSSR count). The number of rotatable bonds is 3. The Morgan fingerprint density at radius 3 is 2.81 bits per heavy atom. The molecule has 2 aromatic rings. The van der Waals surface area contributed by atoms with E-state index in [4.69, 9.17) is 16.9 Å². The molecule has 1 atom stereocenters. The topological polar surface area (TPSA) is 125 Å². The smallest absolute Gasteiger partial charge is 0.291 e. The maximum atomic E-state index is 12.5. The third-order valence-corrected chi connectivity index (χ3v) is 5.37. The first kappa shape index (κ1) is 18.7. The van der Waals surface area contributed by atoms with E-state index >= 15 is 0 Å². The standard InChI is InChI=1S/C17H11ClN4O4S/c1-8-16(23)20-11-6-10(2-3-14(11)27-8)17(24)21-12-4-9(7-19)5-13(15(12)18)22(25)26/h2-6,8H,1H3,(H,20,23)(H,21,24). The quantitative estimate of drug-likeness (QED) is 0.594. The number of nitrogens with one attached hydrogen (secondary N) is 2. The molecule has 10 heteroatoms. The Morgan fingerprint density at radius 2 is 2.15 bits per heavy atom. The predicted molar refractivity (Wildman–Crippen MR) is 101 cm³/mol. The van der Waals surface area contributed by atoms with Gasteiger partial charge in [0.15, 0.2) is 0 Å². The Morgan fingerprint density at radius 1 is 1.41 bits per heavy atom. The first-order chi connectivity index (χ1) is 12.8. The molecule has 1 heterocycles. The molecular formula is C17H11ClN4O4S. The molecular weight excluding hydrogens is 392 g/mol. The van der Waals surface area contributed by atoms with E-state index in [-0.39, 0.29) is 33.0 Å². The predicted octanol–water partition coefficient (Wildman–Crippen LogP) is 3.80. The lowest BCUT2D eigenvalue weighted by atomic mass is 10.1. The number of thioether (sulfide) groups is 1. The molecule has 1 unspecified atom stereocenters. The summed E-state index contributed by atoms with van der Waals surface area (Å²) in [5, 5.41) is 24.8. The van der Waals surface area contributed by atoms with E-state index in [2.05, 4.69) is 10.6 Å². The molecule has 0 aliphatic carbocycles. The maximum absolute atomic E-state index is 12.5. The molecule has 2 aromatic carbocycles. The normalized spacial score (nSPS) is 15.3. The second kappa shape index (κ2) is 7.26. The lowest BCUT2D eigenvalue weighted by Gasteiger charge is -2.21. The van der Waals surface area contributed by atoms with E-state index in [1.54, 1.807) is 25.1 Å². The van der Waals surface area contributed by atoms with Crippen LogP contribution in [-0.4, -0.2) is 22.0 Å². The molecule has 0 saturated heterocycles. The zero-order valence-electron chi connectivity index (χ0n) is 13.8. The largest absolute Gasteiger partial charge is 0.324 e. The van der Waals surface area contributed by atoms with Gasteiger partial charge in [0.05, 0.1) is 33.2 Å². The van der Waals surface area contributed by atoms with Crippen molar-refractivity contribution >= 4 is 52.2 Å². The number of anilines is 2. The molecule has 0 radical (unpaired) electrons. The lowest BCUT2D eigenvalue weighted by Crippen LogP contribution is -2.26. The van der Waals surface area contributed by atoms with Crippen LogP contribution in [0.5, 0.6) is 0 Å². The van der Waals surface area contributed by atoms with Crippen molar-refractivity contribution in [3.05, 3.63) is 56.6 Å². The number of carbonyl (C=O) groups excluding carboxylic acids is 2. The monoisotopic (exact) mass is 402 g/mol. The Bertz CT molecular complexity index is 1030. The van der Waals surface area contributed by atoms with Crippen molar-refractivity contribution in [3.8, 4) is 6.07 Å². The fraction of sp³-hybridized carbons (Fsp3) is 0.118. The minimum atomic E-state index is -0.731. The highest BCUT2D eigenvalue weighted by Gasteiger charge is 2.24. The summed E-state index contributed by atoms with van der Waals surface area (Å²) in [5.74, 6) is -0.743. The highest BCUT2D eigenvalue weighted by molar-refractivity contribution is 8.00. The highest BCUT2D eigenvalue weighted by Crippen LogP contribution is 2.37. The van der Waals surface area contributed by atoms with Gasteiger partial charge in [-0.25, -0.2) is 0 Å². The van der Waals surface area contributed by atoms with Crippen LogP contribution in [0.3, 0.4) is 0 Å². The fourth-order valence-corrected chi connectivity index (χ4v) is 3.60. The van der Waals surface area contributed by atoms with Gasteiger partial charge in [0.1, 0.15) is 5.02 Å². The number of nitrogens with zero attached hydrogens (tertiary/aromatic N) is 2. The number of carbonyl (C=O) groups is 2. The SMILES string of the molecule is CC1Sc2ccc(C(=O)Nc3cc(C#N)cc([N+](=O)[O-])c3Cl)cc2NC1=O. The maximum Gasteiger partial charge on any atom is 0.291 e. The summed E-state index contributed by atoms with van der Waals surface area (Å²) in [6, 6.07) is 8.87. The number of fused-ring (bicyclic) bond motifs is 1. The zero-order valence-corrected chi connectivity index (χ0v) is 15.4. The van der Waals surface area contributed by atoms with Crippen molar-refractivity contribution in [2.45, 2.75) is 17.1 Å². The van der Waals surface area contributed by atoms with Crippen molar-refractivity contribution in [1.29, 1.82) is 5.26 Å². The molecule has 1 aliphatic rings. The first-order valence-corrected chi connectivity index (χ1v) is 8.87. The first-order valence-electron chi connectivity index (χ1n) is 7.61. The summed E-state index contributed by atoms with van der Waals surface area (Å²) < 4.78 is 0. The van der Waals surface area contributed by atoms with Crippen LogP contribution in [-0.2, 0) is 4.79 Å². The fourth-order valence-electron chi connectivity index (χ4n) is 2.44. The van der Waals surface area contributed by atoms with Gasteiger partial charge < -0.3 is 10.6 Å². The summed E-state index contributed by atoms with van der Waals surface area (Å²) in [6.07, 6.45) is 0. The van der Waals surface area contributed by atoms with Crippen LogP contribution in [0, 0.1) is 21.4 Å². The minimum Gasteiger partial charge on any atom is -0.324 e. The van der Waals surface area contributed by atoms with Crippen LogP contribution >= 0.6 is 23.4 Å². The summed E-state index contributed by atoms with van der Waals surface area (Å²) in [5.41, 5.74) is 0.208. The number of benzene rings is 2. The molecule has 1 aliphatic heterocycles. The van der Waals surface area contributed by atoms with Gasteiger partial charge in [-0.15, -0.1) is 11.8 Å². The van der Waals surface area contributed by atoms with Gasteiger partial charge in [-0.1, -0.05) is 11.6 Å². The zero-order chi connectivity index (χ0) is 19.7. The number of nitriles is 1. The molecule has 136 valence electrons. The lowest BCUT2D eigenvalue weighted by molar-refractivity contribution is -0.384.